The van der Waals surface area contributed by atoms with Crippen LogP contribution in [0.2, 0.25) is 0 Å². The maximum Gasteiger partial charge on any atom is 0.226 e. The second-order valence-electron chi connectivity index (χ2n) is 6.31. The van der Waals surface area contributed by atoms with E-state index in [1.807, 2.05) is 0 Å². The number of hydrogen-bond acceptors (Lipinski definition) is 3. The summed E-state index contributed by atoms with van der Waals surface area (Å²) in [6, 6.07) is 0. The van der Waals surface area contributed by atoms with E-state index < -0.39 is 0 Å². The number of nitrogens with one attached hydrogen (secondary N) is 2. The second kappa shape index (κ2) is 7.99. The third kappa shape index (κ3) is 4.19. The van der Waals surface area contributed by atoms with Crippen LogP contribution in [0.1, 0.15) is 58.3 Å². The van der Waals surface area contributed by atoms with Crippen molar-refractivity contribution in [3.8, 4) is 0 Å². The Balaban J connectivity index is 1.76. The lowest BCUT2D eigenvalue weighted by molar-refractivity contribution is -0.133. The van der Waals surface area contributed by atoms with Crippen LogP contribution in [0.25, 0.3) is 0 Å². The van der Waals surface area contributed by atoms with Crippen LogP contribution in [0.15, 0.2) is 0 Å². The van der Waals surface area contributed by atoms with E-state index in [2.05, 4.69) is 17.6 Å². The zero-order valence-electron chi connectivity index (χ0n) is 12.9. The van der Waals surface area contributed by atoms with Crippen molar-refractivity contribution in [3.05, 3.63) is 0 Å². The van der Waals surface area contributed by atoms with Crippen molar-refractivity contribution in [2.75, 3.05) is 26.2 Å². The minimum absolute atomic E-state index is 0.118. The average molecular weight is 282 g/mol. The monoisotopic (exact) mass is 282 g/mol. The van der Waals surface area contributed by atoms with E-state index in [4.69, 9.17) is 4.74 Å². The third-order valence-corrected chi connectivity index (χ3v) is 4.80. The molecule has 1 amide bonds. The Morgan fingerprint density at radius 3 is 2.80 bits per heavy atom. The minimum atomic E-state index is -0.118. The molecule has 4 nitrogen and oxygen atoms in total. The van der Waals surface area contributed by atoms with Gasteiger partial charge in [-0.2, -0.15) is 0 Å². The molecule has 0 bridgehead atoms. The van der Waals surface area contributed by atoms with Gasteiger partial charge in [-0.15, -0.1) is 0 Å². The van der Waals surface area contributed by atoms with Crippen LogP contribution in [-0.4, -0.2) is 38.3 Å². The molecule has 116 valence electrons. The molecule has 4 heteroatoms. The fraction of sp³-hybridized carbons (Fsp3) is 0.938. The number of ether oxygens (including phenoxy) is 1. The molecule has 1 atom stereocenters. The van der Waals surface area contributed by atoms with Gasteiger partial charge in [-0.25, -0.2) is 0 Å². The molecule has 0 aromatic rings. The van der Waals surface area contributed by atoms with E-state index in [0.717, 1.165) is 64.8 Å². The predicted molar refractivity (Wildman–Crippen MR) is 80.7 cm³/mol. The summed E-state index contributed by atoms with van der Waals surface area (Å²) >= 11 is 0. The van der Waals surface area contributed by atoms with Gasteiger partial charge < -0.3 is 15.4 Å². The highest BCUT2D eigenvalue weighted by atomic mass is 16.5. The number of amides is 1. The maximum absolute atomic E-state index is 12.6. The Labute approximate surface area is 123 Å². The Bertz CT molecular complexity index is 289. The van der Waals surface area contributed by atoms with Crippen molar-refractivity contribution in [1.29, 1.82) is 0 Å². The third-order valence-electron chi connectivity index (χ3n) is 4.80. The van der Waals surface area contributed by atoms with Crippen molar-refractivity contribution in [2.24, 2.45) is 5.41 Å². The molecule has 1 unspecified atom stereocenters. The fourth-order valence-electron chi connectivity index (χ4n) is 3.54. The number of piperidine rings is 1. The van der Waals surface area contributed by atoms with Crippen LogP contribution in [0.4, 0.5) is 0 Å². The lowest BCUT2D eigenvalue weighted by Crippen LogP contribution is -2.48. The molecule has 0 aromatic heterocycles. The molecular weight excluding hydrogens is 252 g/mol. The van der Waals surface area contributed by atoms with Gasteiger partial charge in [0.05, 0.1) is 11.5 Å². The van der Waals surface area contributed by atoms with Crippen molar-refractivity contribution in [3.63, 3.8) is 0 Å². The first-order valence-corrected chi connectivity index (χ1v) is 8.37. The highest BCUT2D eigenvalue weighted by Gasteiger charge is 2.38. The molecule has 2 heterocycles. The molecule has 2 fully saturated rings. The summed E-state index contributed by atoms with van der Waals surface area (Å²) in [6.45, 7) is 5.78. The Morgan fingerprint density at radius 1 is 1.35 bits per heavy atom. The fourth-order valence-corrected chi connectivity index (χ4v) is 3.54. The van der Waals surface area contributed by atoms with Crippen LogP contribution in [-0.2, 0) is 9.53 Å². The van der Waals surface area contributed by atoms with Gasteiger partial charge >= 0.3 is 0 Å². The van der Waals surface area contributed by atoms with Crippen molar-refractivity contribution in [1.82, 2.24) is 10.6 Å². The smallest absolute Gasteiger partial charge is 0.226 e. The SMILES string of the molecule is CCCC1(C(=O)NCCC2CCCCO2)CCNCC1. The van der Waals surface area contributed by atoms with Gasteiger partial charge in [-0.1, -0.05) is 13.3 Å². The van der Waals surface area contributed by atoms with E-state index in [1.165, 1.54) is 12.8 Å². The summed E-state index contributed by atoms with van der Waals surface area (Å²) in [4.78, 5) is 12.6. The molecule has 0 spiro atoms. The quantitative estimate of drug-likeness (QED) is 0.785. The van der Waals surface area contributed by atoms with Crippen LogP contribution in [0.3, 0.4) is 0 Å². The minimum Gasteiger partial charge on any atom is -0.378 e. The molecule has 0 radical (unpaired) electrons. The van der Waals surface area contributed by atoms with Crippen LogP contribution < -0.4 is 10.6 Å². The highest BCUT2D eigenvalue weighted by Crippen LogP contribution is 2.34. The molecule has 0 aliphatic carbocycles. The summed E-state index contributed by atoms with van der Waals surface area (Å²) in [5.41, 5.74) is -0.118. The highest BCUT2D eigenvalue weighted by molar-refractivity contribution is 5.82. The predicted octanol–water partition coefficient (Wildman–Crippen LogP) is 2.23. The molecule has 2 aliphatic rings. The first-order valence-electron chi connectivity index (χ1n) is 8.37. The summed E-state index contributed by atoms with van der Waals surface area (Å²) in [6.07, 6.45) is 8.99. The van der Waals surface area contributed by atoms with Gasteiger partial charge in [0.25, 0.3) is 0 Å². The van der Waals surface area contributed by atoms with E-state index in [-0.39, 0.29) is 11.3 Å². The Kier molecular flexibility index (Phi) is 6.30. The Morgan fingerprint density at radius 2 is 2.15 bits per heavy atom. The largest absolute Gasteiger partial charge is 0.378 e. The zero-order valence-corrected chi connectivity index (χ0v) is 12.9. The van der Waals surface area contributed by atoms with E-state index in [1.54, 1.807) is 0 Å². The van der Waals surface area contributed by atoms with Gasteiger partial charge in [-0.3, -0.25) is 4.79 Å². The van der Waals surface area contributed by atoms with Gasteiger partial charge in [0.15, 0.2) is 0 Å². The van der Waals surface area contributed by atoms with Crippen molar-refractivity contribution >= 4 is 5.91 Å². The molecule has 0 aromatic carbocycles. The zero-order chi connectivity index (χ0) is 14.3. The lowest BCUT2D eigenvalue weighted by atomic mass is 9.74. The number of carbonyl (C=O) groups is 1. The van der Waals surface area contributed by atoms with Gasteiger partial charge in [0.2, 0.25) is 5.91 Å². The Hall–Kier alpha value is -0.610. The van der Waals surface area contributed by atoms with Crippen molar-refractivity contribution in [2.45, 2.75) is 64.4 Å². The van der Waals surface area contributed by atoms with Crippen LogP contribution in [0, 0.1) is 5.41 Å². The maximum atomic E-state index is 12.6. The topological polar surface area (TPSA) is 50.4 Å². The first-order chi connectivity index (χ1) is 9.77. The normalized spacial score (nSPS) is 26.1. The standard InChI is InChI=1S/C16H30N2O2/c1-2-7-16(8-11-17-12-9-16)15(19)18-10-6-14-5-3-4-13-20-14/h14,17H,2-13H2,1H3,(H,18,19). The van der Waals surface area contributed by atoms with E-state index in [9.17, 15) is 4.79 Å². The first kappa shape index (κ1) is 15.8. The van der Waals surface area contributed by atoms with Crippen LogP contribution >= 0.6 is 0 Å². The second-order valence-corrected chi connectivity index (χ2v) is 6.31. The lowest BCUT2D eigenvalue weighted by Gasteiger charge is -2.36. The van der Waals surface area contributed by atoms with Gasteiger partial charge in [-0.05, 0) is 58.0 Å². The average Bonchev–Trinajstić information content (AvgIpc) is 2.49. The molecule has 2 saturated heterocycles. The summed E-state index contributed by atoms with van der Waals surface area (Å²) in [5.74, 6) is 0.275. The molecular formula is C16H30N2O2. The van der Waals surface area contributed by atoms with E-state index >= 15 is 0 Å². The van der Waals surface area contributed by atoms with Crippen LogP contribution in [0.5, 0.6) is 0 Å². The summed E-state index contributed by atoms with van der Waals surface area (Å²) in [5, 5.41) is 6.54. The number of carbonyl (C=O) groups excluding carboxylic acids is 1. The summed E-state index contributed by atoms with van der Waals surface area (Å²) < 4.78 is 5.72. The van der Waals surface area contributed by atoms with E-state index in [0.29, 0.717) is 6.10 Å². The molecule has 2 N–H and O–H groups in total. The molecule has 2 aliphatic heterocycles. The number of rotatable bonds is 6. The van der Waals surface area contributed by atoms with Gasteiger partial charge in [0.1, 0.15) is 0 Å². The summed E-state index contributed by atoms with van der Waals surface area (Å²) in [7, 11) is 0. The van der Waals surface area contributed by atoms with Gasteiger partial charge in [0, 0.05) is 13.2 Å². The van der Waals surface area contributed by atoms with Crippen molar-refractivity contribution < 1.29 is 9.53 Å². The number of hydrogen-bond donors (Lipinski definition) is 2. The molecule has 0 saturated carbocycles. The molecule has 2 rings (SSSR count). The molecule has 20 heavy (non-hydrogen) atoms.